The number of nitrogens with zero attached hydrogens (tertiary/aromatic N) is 4. The molecule has 2 aliphatic heterocycles. The van der Waals surface area contributed by atoms with E-state index < -0.39 is 0 Å². The van der Waals surface area contributed by atoms with Crippen molar-refractivity contribution in [1.82, 2.24) is 20.1 Å². The first-order valence-electron chi connectivity index (χ1n) is 11.5. The number of hydrazone groups is 1. The Labute approximate surface area is 199 Å². The van der Waals surface area contributed by atoms with Crippen molar-refractivity contribution < 1.29 is 14.0 Å². The second-order valence-corrected chi connectivity index (χ2v) is 10.7. The van der Waals surface area contributed by atoms with Gasteiger partial charge in [0.2, 0.25) is 5.91 Å². The molecule has 0 radical (unpaired) electrons. The van der Waals surface area contributed by atoms with E-state index in [1.807, 2.05) is 44.4 Å². The monoisotopic (exact) mass is 471 g/mol. The molecule has 2 aliphatic rings. The van der Waals surface area contributed by atoms with Gasteiger partial charge in [0.25, 0.3) is 5.91 Å². The van der Waals surface area contributed by atoms with Gasteiger partial charge in [-0.3, -0.25) is 19.4 Å². The van der Waals surface area contributed by atoms with Crippen molar-refractivity contribution in [3.63, 3.8) is 0 Å². The van der Waals surface area contributed by atoms with Crippen LogP contribution in [0.15, 0.2) is 45.4 Å². The average Bonchev–Trinajstić information content (AvgIpc) is 3.48. The van der Waals surface area contributed by atoms with Crippen LogP contribution >= 0.6 is 11.3 Å². The van der Waals surface area contributed by atoms with Crippen LogP contribution < -0.4 is 5.32 Å². The van der Waals surface area contributed by atoms with E-state index >= 15 is 0 Å². The lowest BCUT2D eigenvalue weighted by Gasteiger charge is -2.26. The summed E-state index contributed by atoms with van der Waals surface area (Å²) in [5, 5.41) is 11.4. The molecule has 0 aliphatic carbocycles. The molecule has 2 aromatic rings. The van der Waals surface area contributed by atoms with E-state index in [0.717, 1.165) is 43.2 Å². The predicted octanol–water partition coefficient (Wildman–Crippen LogP) is 2.94. The zero-order valence-electron chi connectivity index (χ0n) is 19.6. The summed E-state index contributed by atoms with van der Waals surface area (Å²) in [7, 11) is 0. The van der Waals surface area contributed by atoms with Crippen LogP contribution in [0.25, 0.3) is 0 Å². The maximum absolute atomic E-state index is 13.3. The fourth-order valence-electron chi connectivity index (χ4n) is 4.30. The molecule has 1 N–H and O–H groups in total. The predicted molar refractivity (Wildman–Crippen MR) is 129 cm³/mol. The van der Waals surface area contributed by atoms with Gasteiger partial charge in [0, 0.05) is 29.9 Å². The zero-order chi connectivity index (χ0) is 23.4. The van der Waals surface area contributed by atoms with Gasteiger partial charge < -0.3 is 9.73 Å². The Morgan fingerprint density at radius 2 is 1.88 bits per heavy atom. The lowest BCUT2D eigenvalue weighted by Crippen LogP contribution is -2.46. The van der Waals surface area contributed by atoms with Crippen molar-refractivity contribution >= 4 is 28.9 Å². The summed E-state index contributed by atoms with van der Waals surface area (Å²) >= 11 is 1.64. The number of hydrogen-bond donors (Lipinski definition) is 1. The SMILES string of the molecule is CC(C)(C)NC(=O)CN1CCCN(CC(=O)N2N=C(c3ccco3)CC2c2cccs2)CC1. The minimum atomic E-state index is -0.231. The molecule has 2 amide bonds. The summed E-state index contributed by atoms with van der Waals surface area (Å²) in [6.07, 6.45) is 3.20. The minimum absolute atomic E-state index is 0.00567. The molecule has 4 rings (SSSR count). The molecule has 9 heteroatoms. The molecule has 2 aromatic heterocycles. The van der Waals surface area contributed by atoms with E-state index in [4.69, 9.17) is 4.42 Å². The number of furan rings is 1. The molecule has 0 spiro atoms. The highest BCUT2D eigenvalue weighted by Crippen LogP contribution is 2.35. The van der Waals surface area contributed by atoms with Crippen molar-refractivity contribution in [2.75, 3.05) is 39.3 Å². The van der Waals surface area contributed by atoms with Gasteiger partial charge in [-0.25, -0.2) is 5.01 Å². The van der Waals surface area contributed by atoms with Crippen LogP contribution in [0.1, 0.15) is 50.3 Å². The van der Waals surface area contributed by atoms with Gasteiger partial charge in [0.15, 0.2) is 0 Å². The van der Waals surface area contributed by atoms with Gasteiger partial charge in [-0.1, -0.05) is 6.07 Å². The van der Waals surface area contributed by atoms with Crippen molar-refractivity contribution in [1.29, 1.82) is 0 Å². The minimum Gasteiger partial charge on any atom is -0.463 e. The Morgan fingerprint density at radius 1 is 1.12 bits per heavy atom. The van der Waals surface area contributed by atoms with Crippen LogP contribution in [-0.4, -0.2) is 77.1 Å². The van der Waals surface area contributed by atoms with Crippen LogP contribution in [0, 0.1) is 0 Å². The van der Waals surface area contributed by atoms with E-state index in [0.29, 0.717) is 25.3 Å². The molecule has 1 fully saturated rings. The van der Waals surface area contributed by atoms with Crippen molar-refractivity contribution in [3.05, 3.63) is 46.5 Å². The lowest BCUT2D eigenvalue weighted by atomic mass is 10.1. The third-order valence-electron chi connectivity index (χ3n) is 5.76. The van der Waals surface area contributed by atoms with Gasteiger partial charge in [0.05, 0.1) is 25.4 Å². The molecule has 8 nitrogen and oxygen atoms in total. The van der Waals surface area contributed by atoms with Crippen molar-refractivity contribution in [2.24, 2.45) is 5.10 Å². The summed E-state index contributed by atoms with van der Waals surface area (Å²) in [4.78, 5) is 31.1. The fourth-order valence-corrected chi connectivity index (χ4v) is 5.11. The van der Waals surface area contributed by atoms with Crippen LogP contribution in [0.2, 0.25) is 0 Å². The average molecular weight is 472 g/mol. The highest BCUT2D eigenvalue weighted by Gasteiger charge is 2.35. The van der Waals surface area contributed by atoms with E-state index in [1.54, 1.807) is 22.6 Å². The van der Waals surface area contributed by atoms with Gasteiger partial charge in [-0.05, 0) is 63.9 Å². The number of rotatable bonds is 6. The normalized spacial score (nSPS) is 20.5. The van der Waals surface area contributed by atoms with Crippen molar-refractivity contribution in [3.8, 4) is 0 Å². The maximum Gasteiger partial charge on any atom is 0.257 e. The second kappa shape index (κ2) is 10.2. The first-order chi connectivity index (χ1) is 15.8. The number of carbonyl (C=O) groups excluding carboxylic acids is 2. The number of hydrogen-bond acceptors (Lipinski definition) is 7. The topological polar surface area (TPSA) is 81.4 Å². The van der Waals surface area contributed by atoms with E-state index in [-0.39, 0.29) is 23.4 Å². The number of carbonyl (C=O) groups is 2. The number of amides is 2. The molecular formula is C24H33N5O3S. The Balaban J connectivity index is 1.37. The van der Waals surface area contributed by atoms with Gasteiger partial charge in [-0.15, -0.1) is 11.3 Å². The van der Waals surface area contributed by atoms with Crippen LogP contribution in [0.4, 0.5) is 0 Å². The molecular weight excluding hydrogens is 438 g/mol. The Morgan fingerprint density at radius 3 is 2.52 bits per heavy atom. The summed E-state index contributed by atoms with van der Waals surface area (Å²) in [6.45, 7) is 9.87. The number of nitrogens with one attached hydrogen (secondary N) is 1. The second-order valence-electron chi connectivity index (χ2n) is 9.70. The van der Waals surface area contributed by atoms with E-state index in [2.05, 4.69) is 26.3 Å². The first-order valence-corrected chi connectivity index (χ1v) is 12.4. The summed E-state index contributed by atoms with van der Waals surface area (Å²) < 4.78 is 5.54. The fraction of sp³-hybridized carbons (Fsp3) is 0.542. The van der Waals surface area contributed by atoms with E-state index in [1.165, 1.54) is 0 Å². The quantitative estimate of drug-likeness (QED) is 0.701. The third kappa shape index (κ3) is 6.31. The van der Waals surface area contributed by atoms with Crippen LogP contribution in [0.5, 0.6) is 0 Å². The zero-order valence-corrected chi connectivity index (χ0v) is 20.4. The Kier molecular flexibility index (Phi) is 7.31. The lowest BCUT2D eigenvalue weighted by molar-refractivity contribution is -0.134. The smallest absolute Gasteiger partial charge is 0.257 e. The number of thiophene rings is 1. The van der Waals surface area contributed by atoms with Crippen molar-refractivity contribution in [2.45, 2.75) is 45.2 Å². The van der Waals surface area contributed by atoms with Gasteiger partial charge in [0.1, 0.15) is 11.5 Å². The molecule has 1 saturated heterocycles. The molecule has 0 saturated carbocycles. The summed E-state index contributed by atoms with van der Waals surface area (Å²) in [5.74, 6) is 0.752. The molecule has 0 bridgehead atoms. The highest BCUT2D eigenvalue weighted by molar-refractivity contribution is 7.10. The van der Waals surface area contributed by atoms with E-state index in [9.17, 15) is 9.59 Å². The van der Waals surface area contributed by atoms with Gasteiger partial charge in [-0.2, -0.15) is 5.10 Å². The van der Waals surface area contributed by atoms with Crippen LogP contribution in [-0.2, 0) is 9.59 Å². The molecule has 4 heterocycles. The molecule has 1 atom stereocenters. The third-order valence-corrected chi connectivity index (χ3v) is 6.74. The van der Waals surface area contributed by atoms with Crippen LogP contribution in [0.3, 0.4) is 0 Å². The first kappa shape index (κ1) is 23.7. The molecule has 0 aromatic carbocycles. The molecule has 178 valence electrons. The summed E-state index contributed by atoms with van der Waals surface area (Å²) in [5.41, 5.74) is 0.573. The Bertz CT molecular complexity index is 965. The standard InChI is InChI=1S/C24H33N5O3S/c1-24(2,3)25-22(30)16-27-9-6-10-28(12-11-27)17-23(31)29-19(21-8-5-14-33-21)15-18(26-29)20-7-4-13-32-20/h4-5,7-8,13-14,19H,6,9-12,15-17H2,1-3H3,(H,25,30). The Hall–Kier alpha value is -2.49. The molecule has 1 unspecified atom stereocenters. The largest absolute Gasteiger partial charge is 0.463 e. The highest BCUT2D eigenvalue weighted by atomic mass is 32.1. The van der Waals surface area contributed by atoms with Gasteiger partial charge >= 0.3 is 0 Å². The summed E-state index contributed by atoms with van der Waals surface area (Å²) in [6, 6.07) is 7.70. The maximum atomic E-state index is 13.3. The molecule has 33 heavy (non-hydrogen) atoms.